The third-order valence-corrected chi connectivity index (χ3v) is 5.54. The molecule has 0 amide bonds. The molecule has 138 valence electrons. The van der Waals surface area contributed by atoms with Crippen LogP contribution in [0, 0.1) is 0 Å². The van der Waals surface area contributed by atoms with E-state index in [-0.39, 0.29) is 5.54 Å². The predicted molar refractivity (Wildman–Crippen MR) is 108 cm³/mol. The van der Waals surface area contributed by atoms with Gasteiger partial charge < -0.3 is 5.73 Å². The van der Waals surface area contributed by atoms with E-state index in [4.69, 9.17) is 5.73 Å². The Morgan fingerprint density at radius 2 is 1.29 bits per heavy atom. The summed E-state index contributed by atoms with van der Waals surface area (Å²) in [7, 11) is 0. The van der Waals surface area contributed by atoms with Gasteiger partial charge in [0.15, 0.2) is 0 Å². The predicted octanol–water partition coefficient (Wildman–Crippen LogP) is 7.12. The Hall–Kier alpha value is -0.820. The minimum Gasteiger partial charge on any atom is -0.321 e. The van der Waals surface area contributed by atoms with Crippen molar-refractivity contribution in [2.24, 2.45) is 5.73 Å². The molecule has 0 bridgehead atoms. The van der Waals surface area contributed by atoms with Gasteiger partial charge in [0.1, 0.15) is 0 Å². The Bertz CT molecular complexity index is 426. The molecule has 1 unspecified atom stereocenters. The molecule has 0 aliphatic heterocycles. The summed E-state index contributed by atoms with van der Waals surface area (Å²) in [5.41, 5.74) is 9.48. The van der Waals surface area contributed by atoms with Crippen LogP contribution in [0.25, 0.3) is 0 Å². The Labute approximate surface area is 151 Å². The molecular formula is C23H41N. The molecule has 0 radical (unpaired) electrons. The zero-order chi connectivity index (χ0) is 17.7. The smallest absolute Gasteiger partial charge is 0.0409 e. The van der Waals surface area contributed by atoms with Crippen LogP contribution in [0.3, 0.4) is 0 Å². The summed E-state index contributed by atoms with van der Waals surface area (Å²) in [6, 6.07) is 8.77. The summed E-state index contributed by atoms with van der Waals surface area (Å²) in [4.78, 5) is 0. The first-order valence-corrected chi connectivity index (χ1v) is 10.5. The van der Waals surface area contributed by atoms with Crippen LogP contribution in [0.2, 0.25) is 0 Å². The van der Waals surface area contributed by atoms with Crippen molar-refractivity contribution in [2.45, 2.75) is 110 Å². The van der Waals surface area contributed by atoms with E-state index in [1.165, 1.54) is 75.3 Å². The number of rotatable bonds is 14. The van der Waals surface area contributed by atoms with Crippen molar-refractivity contribution in [2.75, 3.05) is 0 Å². The van der Waals surface area contributed by atoms with Gasteiger partial charge in [-0.3, -0.25) is 0 Å². The van der Waals surface area contributed by atoms with Crippen molar-refractivity contribution in [3.05, 3.63) is 35.4 Å². The highest BCUT2D eigenvalue weighted by Crippen LogP contribution is 2.31. The fourth-order valence-electron chi connectivity index (χ4n) is 3.74. The molecule has 0 saturated heterocycles. The van der Waals surface area contributed by atoms with Crippen LogP contribution in [-0.2, 0) is 12.0 Å². The molecule has 0 aromatic heterocycles. The van der Waals surface area contributed by atoms with Crippen molar-refractivity contribution >= 4 is 0 Å². The SMILES string of the molecule is CCCCCCCCCCCCC(N)(CC)c1ccccc1CC. The molecule has 0 heterocycles. The first-order valence-electron chi connectivity index (χ1n) is 10.5. The average molecular weight is 332 g/mol. The molecule has 1 aromatic rings. The highest BCUT2D eigenvalue weighted by atomic mass is 14.7. The van der Waals surface area contributed by atoms with Gasteiger partial charge in [0.2, 0.25) is 0 Å². The fraction of sp³-hybridized carbons (Fsp3) is 0.739. The molecule has 0 aliphatic carbocycles. The number of aryl methyl sites for hydroxylation is 1. The third-order valence-electron chi connectivity index (χ3n) is 5.54. The van der Waals surface area contributed by atoms with Crippen molar-refractivity contribution in [3.63, 3.8) is 0 Å². The average Bonchev–Trinajstić information content (AvgIpc) is 2.63. The molecule has 24 heavy (non-hydrogen) atoms. The lowest BCUT2D eigenvalue weighted by atomic mass is 9.80. The van der Waals surface area contributed by atoms with E-state index >= 15 is 0 Å². The lowest BCUT2D eigenvalue weighted by molar-refractivity contribution is 0.370. The van der Waals surface area contributed by atoms with E-state index in [0.29, 0.717) is 0 Å². The monoisotopic (exact) mass is 331 g/mol. The number of nitrogens with two attached hydrogens (primary N) is 1. The van der Waals surface area contributed by atoms with Crippen molar-refractivity contribution < 1.29 is 0 Å². The normalized spacial score (nSPS) is 13.8. The first kappa shape index (κ1) is 21.2. The molecule has 2 N–H and O–H groups in total. The van der Waals surface area contributed by atoms with Gasteiger partial charge in [0.25, 0.3) is 0 Å². The lowest BCUT2D eigenvalue weighted by Crippen LogP contribution is -2.37. The van der Waals surface area contributed by atoms with Gasteiger partial charge in [-0.25, -0.2) is 0 Å². The van der Waals surface area contributed by atoms with Crippen LogP contribution >= 0.6 is 0 Å². The second-order valence-corrected chi connectivity index (χ2v) is 7.45. The van der Waals surface area contributed by atoms with Crippen molar-refractivity contribution in [1.29, 1.82) is 0 Å². The molecule has 1 rings (SSSR count). The van der Waals surface area contributed by atoms with E-state index in [9.17, 15) is 0 Å². The van der Waals surface area contributed by atoms with Gasteiger partial charge in [-0.2, -0.15) is 0 Å². The zero-order valence-electron chi connectivity index (χ0n) is 16.6. The van der Waals surface area contributed by atoms with Crippen LogP contribution in [0.5, 0.6) is 0 Å². The van der Waals surface area contributed by atoms with Crippen molar-refractivity contribution in [3.8, 4) is 0 Å². The van der Waals surface area contributed by atoms with Crippen molar-refractivity contribution in [1.82, 2.24) is 0 Å². The summed E-state index contributed by atoms with van der Waals surface area (Å²) >= 11 is 0. The molecule has 0 saturated carbocycles. The van der Waals surface area contributed by atoms with Gasteiger partial charge in [-0.1, -0.05) is 109 Å². The summed E-state index contributed by atoms with van der Waals surface area (Å²) in [5.74, 6) is 0. The highest BCUT2D eigenvalue weighted by Gasteiger charge is 2.26. The van der Waals surface area contributed by atoms with Gasteiger partial charge in [0, 0.05) is 5.54 Å². The molecule has 0 spiro atoms. The van der Waals surface area contributed by atoms with Gasteiger partial charge in [0.05, 0.1) is 0 Å². The Balaban J connectivity index is 2.26. The van der Waals surface area contributed by atoms with Gasteiger partial charge >= 0.3 is 0 Å². The highest BCUT2D eigenvalue weighted by molar-refractivity contribution is 5.33. The fourth-order valence-corrected chi connectivity index (χ4v) is 3.74. The van der Waals surface area contributed by atoms with E-state index in [2.05, 4.69) is 45.0 Å². The van der Waals surface area contributed by atoms with Crippen LogP contribution in [0.1, 0.15) is 109 Å². The topological polar surface area (TPSA) is 26.0 Å². The van der Waals surface area contributed by atoms with E-state index in [1.54, 1.807) is 0 Å². The number of hydrogen-bond donors (Lipinski definition) is 1. The van der Waals surface area contributed by atoms with Crippen LogP contribution in [0.4, 0.5) is 0 Å². The number of hydrogen-bond acceptors (Lipinski definition) is 1. The third kappa shape index (κ3) is 7.38. The molecule has 0 aliphatic rings. The van der Waals surface area contributed by atoms with Gasteiger partial charge in [-0.05, 0) is 30.4 Å². The molecule has 0 fully saturated rings. The number of unbranched alkanes of at least 4 members (excludes halogenated alkanes) is 9. The largest absolute Gasteiger partial charge is 0.321 e. The summed E-state index contributed by atoms with van der Waals surface area (Å²) < 4.78 is 0. The standard InChI is InChI=1S/C23H41N/c1-4-7-8-9-10-11-12-13-14-17-20-23(24,6-3)22-19-16-15-18-21(22)5-2/h15-16,18-19H,4-14,17,20,24H2,1-3H3. The minimum atomic E-state index is -0.132. The maximum atomic E-state index is 6.80. The van der Waals surface area contributed by atoms with E-state index in [0.717, 1.165) is 19.3 Å². The second kappa shape index (κ2) is 12.5. The van der Waals surface area contributed by atoms with E-state index < -0.39 is 0 Å². The summed E-state index contributed by atoms with van der Waals surface area (Å²) in [6.07, 6.45) is 17.1. The molecule has 1 aromatic carbocycles. The summed E-state index contributed by atoms with van der Waals surface area (Å²) in [5, 5.41) is 0. The Morgan fingerprint density at radius 1 is 0.750 bits per heavy atom. The zero-order valence-corrected chi connectivity index (χ0v) is 16.6. The quantitative estimate of drug-likeness (QED) is 0.361. The molecule has 1 nitrogen and oxygen atoms in total. The van der Waals surface area contributed by atoms with Crippen LogP contribution in [0.15, 0.2) is 24.3 Å². The number of benzene rings is 1. The minimum absolute atomic E-state index is 0.132. The molecular weight excluding hydrogens is 290 g/mol. The maximum absolute atomic E-state index is 6.80. The van der Waals surface area contributed by atoms with Gasteiger partial charge in [-0.15, -0.1) is 0 Å². The second-order valence-electron chi connectivity index (χ2n) is 7.45. The Kier molecular flexibility index (Phi) is 11.1. The van der Waals surface area contributed by atoms with Crippen LogP contribution in [-0.4, -0.2) is 0 Å². The summed E-state index contributed by atoms with van der Waals surface area (Å²) in [6.45, 7) is 6.75. The molecule has 1 atom stereocenters. The molecule has 1 heteroatoms. The lowest BCUT2D eigenvalue weighted by Gasteiger charge is -2.31. The van der Waals surface area contributed by atoms with E-state index in [1.807, 2.05) is 0 Å². The Morgan fingerprint density at radius 3 is 1.83 bits per heavy atom. The first-order chi connectivity index (χ1) is 11.7. The maximum Gasteiger partial charge on any atom is 0.0409 e. The van der Waals surface area contributed by atoms with Crippen LogP contribution < -0.4 is 5.73 Å².